The van der Waals surface area contributed by atoms with E-state index in [1.807, 2.05) is 0 Å². The van der Waals surface area contributed by atoms with Gasteiger partial charge in [0.1, 0.15) is 6.61 Å². The zero-order chi connectivity index (χ0) is 16.5. The van der Waals surface area contributed by atoms with Crippen molar-refractivity contribution in [1.29, 1.82) is 0 Å². The Labute approximate surface area is 140 Å². The number of aliphatic imine (C=N–C) groups is 1. The molecule has 2 nitrogen and oxygen atoms in total. The number of ether oxygens (including phenoxy) is 1. The fourth-order valence-corrected chi connectivity index (χ4v) is 5.78. The Hall–Kier alpha value is -1.66. The third kappa shape index (κ3) is 3.33. The number of hydrogen-bond donors (Lipinski definition) is 0. The van der Waals surface area contributed by atoms with Crippen LogP contribution in [-0.4, -0.2) is 23.2 Å². The maximum absolute atomic E-state index is 6.02. The first-order valence-electron chi connectivity index (χ1n) is 8.04. The topological polar surface area (TPSA) is 21.6 Å². The molecule has 2 aromatic rings. The lowest BCUT2D eigenvalue weighted by Gasteiger charge is -2.34. The first-order valence-corrected chi connectivity index (χ1v) is 9.38. The lowest BCUT2D eigenvalue weighted by atomic mass is 10.1. The maximum atomic E-state index is 6.02. The summed E-state index contributed by atoms with van der Waals surface area (Å²) >= 11 is 0. The molecule has 0 spiro atoms. The van der Waals surface area contributed by atoms with E-state index >= 15 is 0 Å². The predicted molar refractivity (Wildman–Crippen MR) is 101 cm³/mol. The summed E-state index contributed by atoms with van der Waals surface area (Å²) in [6.45, 7) is 9.45. The number of benzene rings is 2. The molecular weight excluding hydrogens is 301 g/mol. The second-order valence-electron chi connectivity index (χ2n) is 7.08. The van der Waals surface area contributed by atoms with Crippen LogP contribution in [0.3, 0.4) is 0 Å². The highest BCUT2D eigenvalue weighted by molar-refractivity contribution is 7.75. The van der Waals surface area contributed by atoms with Gasteiger partial charge in [0.15, 0.2) is 5.90 Å². The zero-order valence-corrected chi connectivity index (χ0v) is 15.2. The van der Waals surface area contributed by atoms with E-state index in [9.17, 15) is 0 Å². The molecule has 1 aliphatic heterocycles. The summed E-state index contributed by atoms with van der Waals surface area (Å²) in [6, 6.07) is 21.5. The monoisotopic (exact) mass is 325 g/mol. The minimum atomic E-state index is -0.602. The zero-order valence-electron chi connectivity index (χ0n) is 14.3. The molecule has 0 aromatic heterocycles. The molecule has 1 heterocycles. The van der Waals surface area contributed by atoms with Crippen LogP contribution in [0.4, 0.5) is 0 Å². The van der Waals surface area contributed by atoms with E-state index in [-0.39, 0.29) is 10.7 Å². The van der Waals surface area contributed by atoms with Crippen LogP contribution in [0.1, 0.15) is 27.7 Å². The van der Waals surface area contributed by atoms with E-state index in [1.165, 1.54) is 10.6 Å². The van der Waals surface area contributed by atoms with Gasteiger partial charge in [-0.15, -0.1) is 0 Å². The molecule has 0 radical (unpaired) electrons. The van der Waals surface area contributed by atoms with Gasteiger partial charge < -0.3 is 4.74 Å². The largest absolute Gasteiger partial charge is 0.478 e. The van der Waals surface area contributed by atoms with Crippen LogP contribution in [0.2, 0.25) is 0 Å². The Balaban J connectivity index is 2.09. The molecule has 3 heteroatoms. The molecule has 0 saturated heterocycles. The SMILES string of the molecule is CC1(C)COC(C(C)(C)P(c2ccccc2)c2ccccc2)=N1. The Kier molecular flexibility index (Phi) is 4.29. The summed E-state index contributed by atoms with van der Waals surface area (Å²) in [5, 5.41) is 2.57. The molecule has 0 unspecified atom stereocenters. The number of nitrogens with zero attached hydrogens (tertiary/aromatic N) is 1. The fraction of sp³-hybridized carbons (Fsp3) is 0.350. The summed E-state index contributed by atoms with van der Waals surface area (Å²) in [6.07, 6.45) is 0. The molecule has 0 fully saturated rings. The van der Waals surface area contributed by atoms with Gasteiger partial charge in [-0.25, -0.2) is 4.99 Å². The quantitative estimate of drug-likeness (QED) is 0.776. The molecule has 0 aliphatic carbocycles. The van der Waals surface area contributed by atoms with E-state index in [0.717, 1.165) is 5.90 Å². The molecule has 0 N–H and O–H groups in total. The van der Waals surface area contributed by atoms with Gasteiger partial charge in [0, 0.05) is 0 Å². The van der Waals surface area contributed by atoms with E-state index < -0.39 is 7.92 Å². The summed E-state index contributed by atoms with van der Waals surface area (Å²) < 4.78 is 6.02. The van der Waals surface area contributed by atoms with E-state index in [0.29, 0.717) is 6.61 Å². The number of hydrogen-bond acceptors (Lipinski definition) is 2. The first kappa shape index (κ1) is 16.2. The van der Waals surface area contributed by atoms with E-state index in [2.05, 4.69) is 88.4 Å². The van der Waals surface area contributed by atoms with Crippen molar-refractivity contribution in [2.45, 2.75) is 38.4 Å². The molecule has 3 rings (SSSR count). The average Bonchev–Trinajstić information content (AvgIpc) is 2.90. The van der Waals surface area contributed by atoms with Gasteiger partial charge in [0.05, 0.1) is 10.7 Å². The second-order valence-corrected chi connectivity index (χ2v) is 9.91. The van der Waals surface area contributed by atoms with Crippen LogP contribution >= 0.6 is 7.92 Å². The van der Waals surface area contributed by atoms with Crippen LogP contribution in [0.25, 0.3) is 0 Å². The van der Waals surface area contributed by atoms with Gasteiger partial charge in [-0.1, -0.05) is 60.7 Å². The van der Waals surface area contributed by atoms with Crippen molar-refractivity contribution >= 4 is 24.4 Å². The van der Waals surface area contributed by atoms with Gasteiger partial charge >= 0.3 is 0 Å². The van der Waals surface area contributed by atoms with Crippen LogP contribution in [0.5, 0.6) is 0 Å². The Bertz CT molecular complexity index is 653. The third-order valence-corrected chi connectivity index (χ3v) is 7.02. The standard InChI is InChI=1S/C20H24NOP/c1-19(2)15-22-18(21-19)20(3,4)23(16-11-7-5-8-12-16)17-13-9-6-10-14-17/h5-14H,15H2,1-4H3. The third-order valence-electron chi connectivity index (χ3n) is 4.08. The summed E-state index contributed by atoms with van der Waals surface area (Å²) in [4.78, 5) is 4.87. The molecule has 0 atom stereocenters. The van der Waals surface area contributed by atoms with Gasteiger partial charge in [-0.2, -0.15) is 0 Å². The highest BCUT2D eigenvalue weighted by Crippen LogP contribution is 2.49. The van der Waals surface area contributed by atoms with Gasteiger partial charge in [0.2, 0.25) is 0 Å². The van der Waals surface area contributed by atoms with Crippen LogP contribution in [-0.2, 0) is 4.74 Å². The van der Waals surface area contributed by atoms with E-state index in [1.54, 1.807) is 0 Å². The van der Waals surface area contributed by atoms with Crippen molar-refractivity contribution in [2.24, 2.45) is 4.99 Å². The van der Waals surface area contributed by atoms with Crippen LogP contribution in [0, 0.1) is 0 Å². The predicted octanol–water partition coefficient (Wildman–Crippen LogP) is 4.11. The lowest BCUT2D eigenvalue weighted by Crippen LogP contribution is -2.37. The molecular formula is C20H24NOP. The highest BCUT2D eigenvalue weighted by atomic mass is 31.1. The molecule has 23 heavy (non-hydrogen) atoms. The Morgan fingerprint density at radius 1 is 0.913 bits per heavy atom. The van der Waals surface area contributed by atoms with Crippen LogP contribution in [0.15, 0.2) is 65.7 Å². The van der Waals surface area contributed by atoms with E-state index in [4.69, 9.17) is 9.73 Å². The maximum Gasteiger partial charge on any atom is 0.194 e. The van der Waals surface area contributed by atoms with Crippen molar-refractivity contribution in [3.05, 3.63) is 60.7 Å². The van der Waals surface area contributed by atoms with Gasteiger partial charge in [0.25, 0.3) is 0 Å². The van der Waals surface area contributed by atoms with Crippen LogP contribution < -0.4 is 10.6 Å². The summed E-state index contributed by atoms with van der Waals surface area (Å²) in [5.41, 5.74) is -0.124. The Morgan fingerprint density at radius 3 is 1.78 bits per heavy atom. The fourth-order valence-electron chi connectivity index (χ4n) is 2.94. The smallest absolute Gasteiger partial charge is 0.194 e. The van der Waals surface area contributed by atoms with Crippen molar-refractivity contribution in [3.8, 4) is 0 Å². The summed E-state index contributed by atoms with van der Waals surface area (Å²) in [7, 11) is -0.602. The first-order chi connectivity index (χ1) is 10.9. The summed E-state index contributed by atoms with van der Waals surface area (Å²) in [5.74, 6) is 0.890. The molecule has 2 aromatic carbocycles. The highest BCUT2D eigenvalue weighted by Gasteiger charge is 2.42. The Morgan fingerprint density at radius 2 is 1.39 bits per heavy atom. The minimum Gasteiger partial charge on any atom is -0.478 e. The van der Waals surface area contributed by atoms with Crippen molar-refractivity contribution in [2.75, 3.05) is 6.61 Å². The molecule has 0 amide bonds. The molecule has 0 bridgehead atoms. The number of rotatable bonds is 4. The van der Waals surface area contributed by atoms with Gasteiger partial charge in [-0.3, -0.25) is 0 Å². The lowest BCUT2D eigenvalue weighted by molar-refractivity contribution is 0.270. The average molecular weight is 325 g/mol. The van der Waals surface area contributed by atoms with Gasteiger partial charge in [-0.05, 0) is 46.2 Å². The van der Waals surface area contributed by atoms with Crippen molar-refractivity contribution in [1.82, 2.24) is 0 Å². The van der Waals surface area contributed by atoms with Crippen molar-refractivity contribution < 1.29 is 4.74 Å². The molecule has 1 aliphatic rings. The molecule has 120 valence electrons. The second kappa shape index (κ2) is 6.09. The van der Waals surface area contributed by atoms with Crippen molar-refractivity contribution in [3.63, 3.8) is 0 Å². The minimum absolute atomic E-state index is 0.124. The normalized spacial score (nSPS) is 17.0. The molecule has 0 saturated carbocycles.